The van der Waals surface area contributed by atoms with E-state index in [1.807, 2.05) is 63.4 Å². The predicted molar refractivity (Wildman–Crippen MR) is 134 cm³/mol. The Bertz CT molecular complexity index is 1210. The zero-order valence-corrected chi connectivity index (χ0v) is 20.4. The minimum absolute atomic E-state index is 0.100. The summed E-state index contributed by atoms with van der Waals surface area (Å²) < 4.78 is 6.41. The highest BCUT2D eigenvalue weighted by Gasteiger charge is 2.31. The van der Waals surface area contributed by atoms with Crippen molar-refractivity contribution in [3.8, 4) is 5.75 Å². The highest BCUT2D eigenvalue weighted by atomic mass is 16.5. The highest BCUT2D eigenvalue weighted by molar-refractivity contribution is 6.00. The van der Waals surface area contributed by atoms with Crippen molar-refractivity contribution in [3.05, 3.63) is 88.2 Å². The monoisotopic (exact) mass is 444 g/mol. The van der Waals surface area contributed by atoms with Crippen LogP contribution in [0.2, 0.25) is 0 Å². The minimum atomic E-state index is -0.937. The van der Waals surface area contributed by atoms with Crippen LogP contribution in [-0.2, 0) is 5.41 Å². The maximum atomic E-state index is 12.3. The van der Waals surface area contributed by atoms with Crippen LogP contribution >= 0.6 is 0 Å². The fourth-order valence-electron chi connectivity index (χ4n) is 4.23. The first-order valence-corrected chi connectivity index (χ1v) is 11.2. The van der Waals surface area contributed by atoms with Gasteiger partial charge in [0.05, 0.1) is 5.56 Å². The molecule has 1 heterocycles. The van der Waals surface area contributed by atoms with Crippen LogP contribution in [0.1, 0.15) is 47.8 Å². The Balaban J connectivity index is 2.04. The van der Waals surface area contributed by atoms with E-state index in [-0.39, 0.29) is 17.0 Å². The maximum absolute atomic E-state index is 12.3. The minimum Gasteiger partial charge on any atom is -0.478 e. The van der Waals surface area contributed by atoms with E-state index in [4.69, 9.17) is 4.74 Å². The first-order chi connectivity index (χ1) is 15.5. The Labute approximate surface area is 196 Å². The molecule has 0 radical (unpaired) electrons. The molecule has 1 N–H and O–H groups in total. The van der Waals surface area contributed by atoms with Gasteiger partial charge in [0.2, 0.25) is 0 Å². The molecule has 0 saturated carbocycles. The predicted octanol–water partition coefficient (Wildman–Crippen LogP) is 5.33. The molecular formula is C28H32N2O3. The number of rotatable bonds is 4. The van der Waals surface area contributed by atoms with Crippen molar-refractivity contribution >= 4 is 17.2 Å². The molecule has 0 amide bonds. The molecule has 0 bridgehead atoms. The van der Waals surface area contributed by atoms with Gasteiger partial charge >= 0.3 is 5.97 Å². The molecule has 5 nitrogen and oxygen atoms in total. The zero-order chi connectivity index (χ0) is 24.1. The van der Waals surface area contributed by atoms with Gasteiger partial charge in [0.15, 0.2) is 0 Å². The summed E-state index contributed by atoms with van der Waals surface area (Å²) in [7, 11) is 8.04. The van der Waals surface area contributed by atoms with E-state index in [0.29, 0.717) is 5.56 Å². The Morgan fingerprint density at radius 3 is 2.33 bits per heavy atom. The van der Waals surface area contributed by atoms with Crippen molar-refractivity contribution in [1.29, 1.82) is 0 Å². The second-order valence-corrected chi connectivity index (χ2v) is 10.1. The third-order valence-corrected chi connectivity index (χ3v) is 6.27. The van der Waals surface area contributed by atoms with Gasteiger partial charge in [-0.25, -0.2) is 4.79 Å². The molecular weight excluding hydrogens is 412 g/mol. The van der Waals surface area contributed by atoms with Crippen LogP contribution in [0.3, 0.4) is 0 Å². The molecule has 0 aromatic heterocycles. The Morgan fingerprint density at radius 2 is 1.73 bits per heavy atom. The Hall–Kier alpha value is -3.31. The number of nitrogens with zero attached hydrogens (tertiary/aromatic N) is 2. The maximum Gasteiger partial charge on any atom is 0.336 e. The lowest BCUT2D eigenvalue weighted by atomic mass is 9.80. The number of hydrogen-bond acceptors (Lipinski definition) is 4. The molecule has 0 spiro atoms. The second kappa shape index (κ2) is 8.23. The summed E-state index contributed by atoms with van der Waals surface area (Å²) >= 11 is 0. The van der Waals surface area contributed by atoms with Gasteiger partial charge in [0.1, 0.15) is 11.5 Å². The Morgan fingerprint density at radius 1 is 1.00 bits per heavy atom. The molecule has 4 rings (SSSR count). The molecule has 1 aliphatic carbocycles. The normalized spacial score (nSPS) is 17.3. The van der Waals surface area contributed by atoms with E-state index in [0.717, 1.165) is 39.5 Å². The SMILES string of the molecule is CN(C)c1ccc2c(c1)OC1=CC(N(C)C)C=CC1=C2c1cc(C(C)(C)C)ccc1C(=O)O. The van der Waals surface area contributed by atoms with Crippen molar-refractivity contribution in [2.24, 2.45) is 0 Å². The molecule has 1 unspecified atom stereocenters. The number of likely N-dealkylation sites (N-methyl/N-ethyl adjacent to an activating group) is 1. The van der Waals surface area contributed by atoms with Crippen LogP contribution in [0.4, 0.5) is 5.69 Å². The van der Waals surface area contributed by atoms with Gasteiger partial charge in [-0.3, -0.25) is 4.90 Å². The van der Waals surface area contributed by atoms with Crippen molar-refractivity contribution in [1.82, 2.24) is 4.90 Å². The van der Waals surface area contributed by atoms with Gasteiger partial charge < -0.3 is 14.7 Å². The molecule has 0 saturated heterocycles. The van der Waals surface area contributed by atoms with Crippen molar-refractivity contribution in [2.75, 3.05) is 33.1 Å². The van der Waals surface area contributed by atoms with Crippen molar-refractivity contribution in [2.45, 2.75) is 32.2 Å². The summed E-state index contributed by atoms with van der Waals surface area (Å²) in [4.78, 5) is 16.4. The average Bonchev–Trinajstić information content (AvgIpc) is 2.75. The molecule has 1 atom stereocenters. The summed E-state index contributed by atoms with van der Waals surface area (Å²) in [5.41, 5.74) is 5.70. The summed E-state index contributed by atoms with van der Waals surface area (Å²) in [6, 6.07) is 11.9. The number of aromatic carboxylic acids is 1. The average molecular weight is 445 g/mol. The molecule has 2 aromatic rings. The second-order valence-electron chi connectivity index (χ2n) is 10.1. The number of fused-ring (bicyclic) bond motifs is 2. The third-order valence-electron chi connectivity index (χ3n) is 6.27. The van der Waals surface area contributed by atoms with Crippen LogP contribution < -0.4 is 9.64 Å². The van der Waals surface area contributed by atoms with E-state index in [2.05, 4.69) is 43.9 Å². The summed E-state index contributed by atoms with van der Waals surface area (Å²) in [5.74, 6) is 0.552. The Kier molecular flexibility index (Phi) is 5.71. The largest absolute Gasteiger partial charge is 0.478 e. The van der Waals surface area contributed by atoms with Crippen LogP contribution in [-0.4, -0.2) is 50.2 Å². The van der Waals surface area contributed by atoms with Crippen LogP contribution in [0, 0.1) is 0 Å². The van der Waals surface area contributed by atoms with E-state index in [9.17, 15) is 9.90 Å². The molecule has 1 aliphatic heterocycles. The molecule has 5 heteroatoms. The fraction of sp³-hybridized carbons (Fsp3) is 0.321. The molecule has 0 fully saturated rings. The molecule has 2 aliphatic rings. The number of carbonyl (C=O) groups is 1. The number of ether oxygens (including phenoxy) is 1. The molecule has 172 valence electrons. The first-order valence-electron chi connectivity index (χ1n) is 11.2. The van der Waals surface area contributed by atoms with Gasteiger partial charge in [-0.15, -0.1) is 0 Å². The van der Waals surface area contributed by atoms with Gasteiger partial charge in [-0.2, -0.15) is 0 Å². The van der Waals surface area contributed by atoms with Crippen molar-refractivity contribution in [3.63, 3.8) is 0 Å². The van der Waals surface area contributed by atoms with E-state index < -0.39 is 5.97 Å². The van der Waals surface area contributed by atoms with E-state index in [1.54, 1.807) is 6.07 Å². The van der Waals surface area contributed by atoms with E-state index >= 15 is 0 Å². The lowest BCUT2D eigenvalue weighted by Gasteiger charge is -2.31. The number of hydrogen-bond donors (Lipinski definition) is 1. The van der Waals surface area contributed by atoms with Gasteiger partial charge in [-0.1, -0.05) is 39.0 Å². The quantitative estimate of drug-likeness (QED) is 0.691. The number of benzene rings is 2. The lowest BCUT2D eigenvalue weighted by molar-refractivity contribution is 0.0696. The third kappa shape index (κ3) is 4.21. The van der Waals surface area contributed by atoms with Gasteiger partial charge in [0, 0.05) is 48.6 Å². The smallest absolute Gasteiger partial charge is 0.336 e. The van der Waals surface area contributed by atoms with E-state index in [1.165, 1.54) is 0 Å². The van der Waals surface area contributed by atoms with Gasteiger partial charge in [-0.05, 0) is 61.0 Å². The van der Waals surface area contributed by atoms with Crippen LogP contribution in [0.5, 0.6) is 5.75 Å². The number of anilines is 1. The number of carboxylic acid groups (broad SMARTS) is 1. The first kappa shape index (κ1) is 22.9. The van der Waals surface area contributed by atoms with Gasteiger partial charge in [0.25, 0.3) is 0 Å². The van der Waals surface area contributed by atoms with Crippen molar-refractivity contribution < 1.29 is 14.6 Å². The highest BCUT2D eigenvalue weighted by Crippen LogP contribution is 2.46. The van der Waals surface area contributed by atoms with Crippen LogP contribution in [0.25, 0.3) is 5.57 Å². The molecule has 33 heavy (non-hydrogen) atoms. The number of allylic oxidation sites excluding steroid dienone is 1. The summed E-state index contributed by atoms with van der Waals surface area (Å²) in [6.07, 6.45) is 6.28. The van der Waals surface area contributed by atoms with Crippen LogP contribution in [0.15, 0.2) is 66.0 Å². The lowest BCUT2D eigenvalue weighted by Crippen LogP contribution is -2.27. The summed E-state index contributed by atoms with van der Waals surface area (Å²) in [5, 5.41) is 10.1. The summed E-state index contributed by atoms with van der Waals surface area (Å²) in [6.45, 7) is 6.41. The standard InChI is InChI=1S/C28H32N2O3/c1-28(2,3)17-8-11-20(27(31)32)23(14-17)26-21-12-9-18(29(4)5)15-24(21)33-25-16-19(30(6)7)10-13-22(25)26/h8-16,18H,1-7H3,(H,31,32). The topological polar surface area (TPSA) is 53.0 Å². The number of carboxylic acids is 1. The zero-order valence-electron chi connectivity index (χ0n) is 20.4. The molecule has 2 aromatic carbocycles. The fourth-order valence-corrected chi connectivity index (χ4v) is 4.23.